The van der Waals surface area contributed by atoms with E-state index in [0.717, 1.165) is 16.1 Å². The first kappa shape index (κ1) is 10.4. The van der Waals surface area contributed by atoms with Crippen molar-refractivity contribution in [2.45, 2.75) is 19.4 Å². The molecule has 15 heavy (non-hydrogen) atoms. The van der Waals surface area contributed by atoms with Crippen molar-refractivity contribution in [3.05, 3.63) is 41.5 Å². The van der Waals surface area contributed by atoms with E-state index in [2.05, 4.69) is 50.8 Å². The minimum absolute atomic E-state index is 0.242. The summed E-state index contributed by atoms with van der Waals surface area (Å²) < 4.78 is 5.56. The molecule has 0 unspecified atom stereocenters. The summed E-state index contributed by atoms with van der Waals surface area (Å²) in [6.07, 6.45) is 4.25. The van der Waals surface area contributed by atoms with Crippen molar-refractivity contribution in [2.24, 2.45) is 0 Å². The Kier molecular flexibility index (Phi) is 2.41. The van der Waals surface area contributed by atoms with E-state index in [1.54, 1.807) is 0 Å². The third-order valence-corrected chi connectivity index (χ3v) is 4.14. The smallest absolute Gasteiger partial charge is 0.147 e. The molecule has 0 amide bonds. The summed E-state index contributed by atoms with van der Waals surface area (Å²) in [4.78, 5) is 0. The average molecular weight is 216 g/mol. The number of hydrogen-bond donors (Lipinski definition) is 0. The molecular weight excluding hydrogens is 200 g/mol. The van der Waals surface area contributed by atoms with Gasteiger partial charge in [0.05, 0.1) is 5.60 Å². The molecule has 1 aliphatic carbocycles. The Hall–Kier alpha value is -1.12. The van der Waals surface area contributed by atoms with Gasteiger partial charge >= 0.3 is 0 Å². The Bertz CT molecular complexity index is 444. The lowest BCUT2D eigenvalue weighted by Gasteiger charge is -2.27. The third kappa shape index (κ3) is 1.71. The van der Waals surface area contributed by atoms with Gasteiger partial charge in [-0.05, 0) is 42.2 Å². The van der Waals surface area contributed by atoms with Crippen LogP contribution in [0.2, 0.25) is 0 Å². The lowest BCUT2D eigenvalue weighted by molar-refractivity contribution is 0.192. The molecule has 2 heteroatoms. The number of benzene rings is 1. The molecule has 0 saturated carbocycles. The van der Waals surface area contributed by atoms with Gasteiger partial charge in [0.15, 0.2) is 0 Å². The summed E-state index contributed by atoms with van der Waals surface area (Å²) >= 11 is 0. The van der Waals surface area contributed by atoms with Crippen molar-refractivity contribution >= 4 is 28.2 Å². The van der Waals surface area contributed by atoms with Crippen LogP contribution in [0.5, 0.6) is 0 Å². The fraction of sp³-hybridized carbons (Fsp3) is 0.231. The molecule has 2 rings (SSSR count). The molecule has 0 atom stereocenters. The Morgan fingerprint density at radius 3 is 2.40 bits per heavy atom. The highest BCUT2D eigenvalue weighted by Gasteiger charge is 2.22. The topological polar surface area (TPSA) is 9.23 Å². The van der Waals surface area contributed by atoms with Crippen LogP contribution in [-0.2, 0) is 4.43 Å². The van der Waals surface area contributed by atoms with Crippen molar-refractivity contribution in [1.29, 1.82) is 0 Å². The van der Waals surface area contributed by atoms with Gasteiger partial charge in [-0.1, -0.05) is 30.9 Å². The highest BCUT2D eigenvalue weighted by atomic mass is 28.2. The molecule has 1 nitrogen and oxygen atoms in total. The molecule has 78 valence electrons. The van der Waals surface area contributed by atoms with Gasteiger partial charge in [-0.3, -0.25) is 0 Å². The Labute approximate surface area is 94.0 Å². The molecule has 1 aromatic rings. The van der Waals surface area contributed by atoms with Gasteiger partial charge in [-0.2, -0.15) is 0 Å². The Balaban J connectivity index is 2.32. The van der Waals surface area contributed by atoms with E-state index in [1.807, 2.05) is 0 Å². The van der Waals surface area contributed by atoms with Gasteiger partial charge in [0.2, 0.25) is 0 Å². The summed E-state index contributed by atoms with van der Waals surface area (Å²) in [5.41, 5.74) is 4.61. The van der Waals surface area contributed by atoms with Crippen LogP contribution in [0.25, 0.3) is 17.7 Å². The van der Waals surface area contributed by atoms with Crippen LogP contribution < -0.4 is 0 Å². The lowest BCUT2D eigenvalue weighted by Crippen LogP contribution is -2.24. The van der Waals surface area contributed by atoms with Crippen LogP contribution in [0.15, 0.2) is 24.8 Å². The second kappa shape index (κ2) is 3.47. The highest BCUT2D eigenvalue weighted by Crippen LogP contribution is 2.32. The molecule has 0 aliphatic heterocycles. The van der Waals surface area contributed by atoms with Crippen molar-refractivity contribution in [2.75, 3.05) is 0 Å². The van der Waals surface area contributed by atoms with Crippen LogP contribution in [-0.4, -0.2) is 16.1 Å². The second-order valence-corrected chi connectivity index (χ2v) is 4.78. The largest absolute Gasteiger partial charge is 0.419 e. The summed E-state index contributed by atoms with van der Waals surface area (Å²) in [7, 11) is 0.732. The van der Waals surface area contributed by atoms with Gasteiger partial charge in [0, 0.05) is 0 Å². The van der Waals surface area contributed by atoms with Crippen LogP contribution in [0.4, 0.5) is 0 Å². The van der Waals surface area contributed by atoms with E-state index >= 15 is 0 Å². The molecule has 0 aromatic heterocycles. The maximum atomic E-state index is 5.56. The van der Waals surface area contributed by atoms with Crippen LogP contribution in [0, 0.1) is 0 Å². The van der Waals surface area contributed by atoms with E-state index in [4.69, 9.17) is 4.43 Å². The molecule has 0 bridgehead atoms. The first-order chi connectivity index (χ1) is 7.04. The maximum absolute atomic E-state index is 5.56. The van der Waals surface area contributed by atoms with Gasteiger partial charge < -0.3 is 4.43 Å². The predicted molar refractivity (Wildman–Crippen MR) is 69.5 cm³/mol. The molecule has 0 saturated heterocycles. The first-order valence-electron chi connectivity index (χ1n) is 5.11. The third-order valence-electron chi connectivity index (χ3n) is 3.11. The zero-order valence-electron chi connectivity index (χ0n) is 9.50. The summed E-state index contributed by atoms with van der Waals surface area (Å²) in [5, 5.41) is 0. The van der Waals surface area contributed by atoms with Crippen molar-refractivity contribution < 1.29 is 4.43 Å². The lowest BCUT2D eigenvalue weighted by atomic mass is 9.88. The zero-order valence-corrected chi connectivity index (χ0v) is 11.5. The molecule has 0 radical (unpaired) electrons. The minimum atomic E-state index is -0.242. The molecule has 0 N–H and O–H groups in total. The molecule has 0 spiro atoms. The highest BCUT2D eigenvalue weighted by molar-refractivity contribution is 5.99. The van der Waals surface area contributed by atoms with Crippen molar-refractivity contribution in [3.8, 4) is 0 Å². The van der Waals surface area contributed by atoms with Gasteiger partial charge in [-0.15, -0.1) is 0 Å². The standard InChI is InChI=1S/C13H16OSi/c1-9(13(2,3)14-15)11-6-4-10-5-7-12(10)8-11/h4-8H,1H2,2-3,15H3. The Morgan fingerprint density at radius 1 is 1.27 bits per heavy atom. The SMILES string of the molecule is C=C(c1ccc2c(c1)C=C2)C(C)(C)O[SiH3]. The van der Waals surface area contributed by atoms with E-state index in [1.165, 1.54) is 16.7 Å². The minimum Gasteiger partial charge on any atom is -0.419 e. The maximum Gasteiger partial charge on any atom is 0.147 e. The molecule has 0 heterocycles. The van der Waals surface area contributed by atoms with E-state index in [-0.39, 0.29) is 5.60 Å². The number of hydrogen-bond acceptors (Lipinski definition) is 1. The van der Waals surface area contributed by atoms with Crippen LogP contribution in [0.1, 0.15) is 30.5 Å². The summed E-state index contributed by atoms with van der Waals surface area (Å²) in [6.45, 7) is 8.27. The van der Waals surface area contributed by atoms with Gasteiger partial charge in [-0.25, -0.2) is 0 Å². The van der Waals surface area contributed by atoms with Gasteiger partial charge in [0.25, 0.3) is 0 Å². The number of rotatable bonds is 3. The first-order valence-corrected chi connectivity index (χ1v) is 5.93. The van der Waals surface area contributed by atoms with E-state index in [0.29, 0.717) is 0 Å². The summed E-state index contributed by atoms with van der Waals surface area (Å²) in [5.74, 6) is 0. The summed E-state index contributed by atoms with van der Waals surface area (Å²) in [6, 6.07) is 6.44. The zero-order chi connectivity index (χ0) is 11.1. The monoisotopic (exact) mass is 216 g/mol. The van der Waals surface area contributed by atoms with Crippen LogP contribution >= 0.6 is 0 Å². The number of fused-ring (bicyclic) bond motifs is 1. The van der Waals surface area contributed by atoms with Gasteiger partial charge in [0.1, 0.15) is 10.5 Å². The van der Waals surface area contributed by atoms with E-state index < -0.39 is 0 Å². The fourth-order valence-corrected chi connectivity index (χ4v) is 1.86. The molecule has 0 fully saturated rings. The van der Waals surface area contributed by atoms with Crippen molar-refractivity contribution in [3.63, 3.8) is 0 Å². The van der Waals surface area contributed by atoms with Crippen molar-refractivity contribution in [1.82, 2.24) is 0 Å². The van der Waals surface area contributed by atoms with Crippen LogP contribution in [0.3, 0.4) is 0 Å². The molecular formula is C13H16OSi. The normalized spacial score (nSPS) is 13.5. The second-order valence-electron chi connectivity index (χ2n) is 4.37. The molecule has 1 aliphatic rings. The molecule has 1 aromatic carbocycles. The Morgan fingerprint density at radius 2 is 1.93 bits per heavy atom. The van der Waals surface area contributed by atoms with E-state index in [9.17, 15) is 0 Å². The fourth-order valence-electron chi connectivity index (χ4n) is 1.61. The predicted octanol–water partition coefficient (Wildman–Crippen LogP) is 2.26. The average Bonchev–Trinajstić information content (AvgIpc) is 2.19. The quantitative estimate of drug-likeness (QED) is 0.715.